The second-order valence-corrected chi connectivity index (χ2v) is 4.40. The van der Waals surface area contributed by atoms with Gasteiger partial charge >= 0.3 is 0 Å². The number of furan rings is 1. The van der Waals surface area contributed by atoms with E-state index < -0.39 is 0 Å². The van der Waals surface area contributed by atoms with E-state index in [1.165, 1.54) is 11.1 Å². The molecule has 3 heteroatoms. The molecular weight excluding hydrogens is 226 g/mol. The number of aryl methyl sites for hydroxylation is 1. The van der Waals surface area contributed by atoms with Crippen LogP contribution < -0.4 is 10.1 Å². The quantitative estimate of drug-likeness (QED) is 0.876. The monoisotopic (exact) mass is 245 g/mol. The topological polar surface area (TPSA) is 34.4 Å². The van der Waals surface area contributed by atoms with Gasteiger partial charge in [0.15, 0.2) is 0 Å². The van der Waals surface area contributed by atoms with Crippen LogP contribution in [-0.4, -0.2) is 7.11 Å². The van der Waals surface area contributed by atoms with E-state index in [1.807, 2.05) is 18.2 Å². The summed E-state index contributed by atoms with van der Waals surface area (Å²) in [5.41, 5.74) is 2.42. The van der Waals surface area contributed by atoms with E-state index in [0.29, 0.717) is 0 Å². The Balaban J connectivity index is 1.94. The van der Waals surface area contributed by atoms with E-state index in [2.05, 4.69) is 31.3 Å². The van der Waals surface area contributed by atoms with Gasteiger partial charge in [0.2, 0.25) is 0 Å². The van der Waals surface area contributed by atoms with Crippen LogP contribution >= 0.6 is 0 Å². The molecule has 0 fully saturated rings. The average Bonchev–Trinajstić information content (AvgIpc) is 2.81. The van der Waals surface area contributed by atoms with Crippen LogP contribution in [0.25, 0.3) is 0 Å². The molecule has 0 spiro atoms. The molecule has 1 N–H and O–H groups in total. The summed E-state index contributed by atoms with van der Waals surface area (Å²) in [5.74, 6) is 1.88. The van der Waals surface area contributed by atoms with Crippen molar-refractivity contribution in [2.75, 3.05) is 7.11 Å². The molecule has 1 atom stereocenters. The van der Waals surface area contributed by atoms with Gasteiger partial charge in [0.25, 0.3) is 0 Å². The molecule has 0 amide bonds. The van der Waals surface area contributed by atoms with Crippen molar-refractivity contribution in [1.29, 1.82) is 0 Å². The molecule has 0 aliphatic carbocycles. The highest BCUT2D eigenvalue weighted by atomic mass is 16.5. The fourth-order valence-electron chi connectivity index (χ4n) is 1.84. The normalized spacial score (nSPS) is 12.4. The minimum atomic E-state index is 0.278. The van der Waals surface area contributed by atoms with E-state index in [-0.39, 0.29) is 6.04 Å². The first-order valence-electron chi connectivity index (χ1n) is 6.11. The highest BCUT2D eigenvalue weighted by Crippen LogP contribution is 2.18. The Bertz CT molecular complexity index is 487. The summed E-state index contributed by atoms with van der Waals surface area (Å²) >= 11 is 0. The molecule has 3 nitrogen and oxygen atoms in total. The fourth-order valence-corrected chi connectivity index (χ4v) is 1.84. The number of hydrogen-bond donors (Lipinski definition) is 1. The molecule has 0 aliphatic heterocycles. The van der Waals surface area contributed by atoms with E-state index in [4.69, 9.17) is 9.15 Å². The van der Waals surface area contributed by atoms with Crippen molar-refractivity contribution in [2.45, 2.75) is 26.4 Å². The standard InChI is InChI=1S/C15H19NO2/c1-11-8-9-18-15(11)10-16-12(2)13-4-6-14(17-3)7-5-13/h4-9,12,16H,10H2,1-3H3. The zero-order valence-corrected chi connectivity index (χ0v) is 11.1. The summed E-state index contributed by atoms with van der Waals surface area (Å²) in [5, 5.41) is 3.45. The number of rotatable bonds is 5. The maximum atomic E-state index is 5.40. The van der Waals surface area contributed by atoms with Gasteiger partial charge in [-0.3, -0.25) is 0 Å². The molecule has 0 aliphatic rings. The van der Waals surface area contributed by atoms with Crippen LogP contribution in [0.3, 0.4) is 0 Å². The second kappa shape index (κ2) is 5.74. The number of methoxy groups -OCH3 is 1. The first kappa shape index (κ1) is 12.7. The smallest absolute Gasteiger partial charge is 0.120 e. The zero-order valence-electron chi connectivity index (χ0n) is 11.1. The lowest BCUT2D eigenvalue weighted by atomic mass is 10.1. The van der Waals surface area contributed by atoms with Gasteiger partial charge in [-0.1, -0.05) is 12.1 Å². The predicted octanol–water partition coefficient (Wildman–Crippen LogP) is 3.45. The van der Waals surface area contributed by atoms with Crippen molar-refractivity contribution in [1.82, 2.24) is 5.32 Å². The number of hydrogen-bond acceptors (Lipinski definition) is 3. The van der Waals surface area contributed by atoms with Crippen LogP contribution in [0.15, 0.2) is 41.0 Å². The average molecular weight is 245 g/mol. The minimum Gasteiger partial charge on any atom is -0.497 e. The maximum Gasteiger partial charge on any atom is 0.120 e. The highest BCUT2D eigenvalue weighted by Gasteiger charge is 2.07. The predicted molar refractivity (Wildman–Crippen MR) is 71.7 cm³/mol. The van der Waals surface area contributed by atoms with Crippen molar-refractivity contribution >= 4 is 0 Å². The van der Waals surface area contributed by atoms with Crippen LogP contribution in [-0.2, 0) is 6.54 Å². The summed E-state index contributed by atoms with van der Waals surface area (Å²) in [6.45, 7) is 4.94. The zero-order chi connectivity index (χ0) is 13.0. The Kier molecular flexibility index (Phi) is 4.05. The molecular formula is C15H19NO2. The lowest BCUT2D eigenvalue weighted by molar-refractivity contribution is 0.414. The van der Waals surface area contributed by atoms with Gasteiger partial charge in [-0.2, -0.15) is 0 Å². The SMILES string of the molecule is COc1ccc(C(C)NCc2occc2C)cc1. The van der Waals surface area contributed by atoms with E-state index in [0.717, 1.165) is 18.1 Å². The van der Waals surface area contributed by atoms with Crippen LogP contribution in [0.4, 0.5) is 0 Å². The largest absolute Gasteiger partial charge is 0.497 e. The van der Waals surface area contributed by atoms with Crippen LogP contribution in [0.5, 0.6) is 5.75 Å². The molecule has 2 rings (SSSR count). The van der Waals surface area contributed by atoms with E-state index >= 15 is 0 Å². The lowest BCUT2D eigenvalue weighted by Crippen LogP contribution is -2.18. The summed E-state index contributed by atoms with van der Waals surface area (Å²) in [6, 6.07) is 10.4. The van der Waals surface area contributed by atoms with Gasteiger partial charge < -0.3 is 14.5 Å². The molecule has 0 radical (unpaired) electrons. The second-order valence-electron chi connectivity index (χ2n) is 4.40. The van der Waals surface area contributed by atoms with Crippen molar-refractivity contribution in [3.05, 3.63) is 53.5 Å². The van der Waals surface area contributed by atoms with Crippen LogP contribution in [0.1, 0.15) is 29.9 Å². The van der Waals surface area contributed by atoms with Crippen molar-refractivity contribution in [2.24, 2.45) is 0 Å². The van der Waals surface area contributed by atoms with Gasteiger partial charge in [0.1, 0.15) is 11.5 Å². The number of nitrogens with one attached hydrogen (secondary N) is 1. The molecule has 96 valence electrons. The Labute approximate surface area is 108 Å². The molecule has 2 aromatic rings. The van der Waals surface area contributed by atoms with E-state index in [1.54, 1.807) is 13.4 Å². The summed E-state index contributed by atoms with van der Waals surface area (Å²) in [6.07, 6.45) is 1.73. The third-order valence-corrected chi connectivity index (χ3v) is 3.15. The molecule has 0 saturated heterocycles. The first-order valence-corrected chi connectivity index (χ1v) is 6.11. The van der Waals surface area contributed by atoms with Crippen molar-refractivity contribution < 1.29 is 9.15 Å². The van der Waals surface area contributed by atoms with E-state index in [9.17, 15) is 0 Å². The number of ether oxygens (including phenoxy) is 1. The fraction of sp³-hybridized carbons (Fsp3) is 0.333. The van der Waals surface area contributed by atoms with Crippen LogP contribution in [0.2, 0.25) is 0 Å². The van der Waals surface area contributed by atoms with Gasteiger partial charge in [0, 0.05) is 6.04 Å². The molecule has 0 saturated carbocycles. The Morgan fingerprint density at radius 1 is 1.22 bits per heavy atom. The van der Waals surface area contributed by atoms with Crippen LogP contribution in [0, 0.1) is 6.92 Å². The molecule has 1 unspecified atom stereocenters. The Morgan fingerprint density at radius 3 is 2.50 bits per heavy atom. The number of benzene rings is 1. The third kappa shape index (κ3) is 2.93. The maximum absolute atomic E-state index is 5.40. The van der Waals surface area contributed by atoms with Gasteiger partial charge in [0.05, 0.1) is 19.9 Å². The summed E-state index contributed by atoms with van der Waals surface area (Å²) < 4.78 is 10.6. The Hall–Kier alpha value is -1.74. The highest BCUT2D eigenvalue weighted by molar-refractivity contribution is 5.28. The molecule has 18 heavy (non-hydrogen) atoms. The molecule has 0 bridgehead atoms. The van der Waals surface area contributed by atoms with Gasteiger partial charge in [-0.25, -0.2) is 0 Å². The lowest BCUT2D eigenvalue weighted by Gasteiger charge is -2.14. The Morgan fingerprint density at radius 2 is 1.94 bits per heavy atom. The first-order chi connectivity index (χ1) is 8.70. The summed E-state index contributed by atoms with van der Waals surface area (Å²) in [4.78, 5) is 0. The van der Waals surface area contributed by atoms with Crippen molar-refractivity contribution in [3.8, 4) is 5.75 Å². The summed E-state index contributed by atoms with van der Waals surface area (Å²) in [7, 11) is 1.68. The molecule has 1 heterocycles. The van der Waals surface area contributed by atoms with Crippen molar-refractivity contribution in [3.63, 3.8) is 0 Å². The van der Waals surface area contributed by atoms with Gasteiger partial charge in [-0.05, 0) is 43.2 Å². The van der Waals surface area contributed by atoms with Gasteiger partial charge in [-0.15, -0.1) is 0 Å². The molecule has 1 aromatic carbocycles. The third-order valence-electron chi connectivity index (χ3n) is 3.15. The molecule has 1 aromatic heterocycles. The minimum absolute atomic E-state index is 0.278.